The van der Waals surface area contributed by atoms with Gasteiger partial charge in [0.25, 0.3) is 0 Å². The lowest BCUT2D eigenvalue weighted by molar-refractivity contribution is -0.124. The second-order valence-corrected chi connectivity index (χ2v) is 6.26. The Hall–Kier alpha value is -2.69. The molecule has 0 saturated carbocycles. The van der Waals surface area contributed by atoms with E-state index in [1.54, 1.807) is 17.0 Å². The molecule has 0 bridgehead atoms. The quantitative estimate of drug-likeness (QED) is 0.875. The van der Waals surface area contributed by atoms with E-state index in [-0.39, 0.29) is 24.1 Å². The fourth-order valence-corrected chi connectivity index (χ4v) is 3.60. The smallest absolute Gasteiger partial charge is 0.235 e. The van der Waals surface area contributed by atoms with Crippen LogP contribution in [0.25, 0.3) is 0 Å². The van der Waals surface area contributed by atoms with Gasteiger partial charge in [0, 0.05) is 24.3 Å². The molecule has 0 saturated heterocycles. The van der Waals surface area contributed by atoms with E-state index in [1.807, 2.05) is 18.2 Å². The summed E-state index contributed by atoms with van der Waals surface area (Å²) in [6, 6.07) is 11.9. The molecule has 4 rings (SSSR count). The number of fused-ring (bicyclic) bond motifs is 2. The number of hydrogen-bond acceptors (Lipinski definition) is 2. The fourth-order valence-electron chi connectivity index (χ4n) is 3.60. The molecule has 2 aliphatic rings. The molecule has 0 radical (unpaired) electrons. The number of para-hydroxylation sites is 1. The van der Waals surface area contributed by atoms with Crippen LogP contribution in [0.5, 0.6) is 0 Å². The van der Waals surface area contributed by atoms with Gasteiger partial charge in [-0.05, 0) is 42.2 Å². The highest BCUT2D eigenvalue weighted by Gasteiger charge is 2.35. The van der Waals surface area contributed by atoms with E-state index in [0.29, 0.717) is 17.9 Å². The minimum absolute atomic E-state index is 0.122. The van der Waals surface area contributed by atoms with E-state index in [1.165, 1.54) is 12.1 Å². The van der Waals surface area contributed by atoms with Crippen molar-refractivity contribution < 1.29 is 14.0 Å². The number of halogens is 1. The molecule has 0 spiro atoms. The van der Waals surface area contributed by atoms with Crippen LogP contribution < -0.4 is 10.2 Å². The van der Waals surface area contributed by atoms with Crippen molar-refractivity contribution in [1.82, 2.24) is 0 Å². The van der Waals surface area contributed by atoms with Gasteiger partial charge in [-0.25, -0.2) is 4.39 Å². The molecule has 0 aliphatic carbocycles. The van der Waals surface area contributed by atoms with Crippen LogP contribution in [0.2, 0.25) is 0 Å². The maximum atomic E-state index is 13.7. The lowest BCUT2D eigenvalue weighted by Gasteiger charge is -2.34. The molecule has 1 N–H and O–H groups in total. The summed E-state index contributed by atoms with van der Waals surface area (Å²) in [5, 5.41) is 2.81. The maximum Gasteiger partial charge on any atom is 0.235 e. The van der Waals surface area contributed by atoms with Gasteiger partial charge in [-0.15, -0.1) is 0 Å². The Labute approximate surface area is 139 Å². The molecule has 122 valence electrons. The van der Waals surface area contributed by atoms with Crippen LogP contribution in [0.1, 0.15) is 29.9 Å². The molecule has 2 heterocycles. The van der Waals surface area contributed by atoms with Crippen LogP contribution in [0.3, 0.4) is 0 Å². The number of carbonyl (C=O) groups excluding carboxylic acids is 2. The van der Waals surface area contributed by atoms with Crippen molar-refractivity contribution in [2.75, 3.05) is 16.8 Å². The van der Waals surface area contributed by atoms with Crippen LogP contribution in [0.4, 0.5) is 15.8 Å². The minimum Gasteiger partial charge on any atom is -0.326 e. The minimum atomic E-state index is -0.524. The Bertz CT molecular complexity index is 834. The van der Waals surface area contributed by atoms with Crippen LogP contribution >= 0.6 is 0 Å². The van der Waals surface area contributed by atoms with E-state index in [2.05, 4.69) is 5.32 Å². The number of amides is 2. The van der Waals surface area contributed by atoms with Crippen molar-refractivity contribution in [3.05, 3.63) is 59.4 Å². The van der Waals surface area contributed by atoms with E-state index < -0.39 is 5.92 Å². The normalized spacial score (nSPS) is 19.3. The van der Waals surface area contributed by atoms with Gasteiger partial charge in [-0.2, -0.15) is 0 Å². The Morgan fingerprint density at radius 1 is 1.21 bits per heavy atom. The Kier molecular flexibility index (Phi) is 3.56. The van der Waals surface area contributed by atoms with Crippen LogP contribution in [0.15, 0.2) is 42.5 Å². The number of rotatable bonds is 1. The van der Waals surface area contributed by atoms with Gasteiger partial charge in [0.1, 0.15) is 5.82 Å². The number of anilines is 2. The lowest BCUT2D eigenvalue weighted by Crippen LogP contribution is -2.41. The molecule has 5 heteroatoms. The van der Waals surface area contributed by atoms with Crippen LogP contribution in [0, 0.1) is 5.82 Å². The van der Waals surface area contributed by atoms with Gasteiger partial charge < -0.3 is 10.2 Å². The van der Waals surface area contributed by atoms with Crippen LogP contribution in [-0.2, 0) is 16.0 Å². The molecule has 1 unspecified atom stereocenters. The number of hydrogen-bond donors (Lipinski definition) is 1. The van der Waals surface area contributed by atoms with E-state index >= 15 is 0 Å². The molecule has 1 atom stereocenters. The highest BCUT2D eigenvalue weighted by molar-refractivity contribution is 6.06. The van der Waals surface area contributed by atoms with Crippen molar-refractivity contribution in [2.45, 2.75) is 25.2 Å². The van der Waals surface area contributed by atoms with Crippen molar-refractivity contribution in [3.63, 3.8) is 0 Å². The molecular formula is C19H17FN2O2. The Morgan fingerprint density at radius 3 is 2.92 bits per heavy atom. The van der Waals surface area contributed by atoms with Crippen molar-refractivity contribution in [3.8, 4) is 0 Å². The summed E-state index contributed by atoms with van der Waals surface area (Å²) in [5.41, 5.74) is 3.12. The third kappa shape index (κ3) is 2.46. The first-order chi connectivity index (χ1) is 11.6. The van der Waals surface area contributed by atoms with Gasteiger partial charge in [0.15, 0.2) is 0 Å². The summed E-state index contributed by atoms with van der Waals surface area (Å²) in [5.74, 6) is -1.17. The largest absolute Gasteiger partial charge is 0.326 e. The number of aryl methyl sites for hydroxylation is 1. The molecule has 0 fully saturated rings. The summed E-state index contributed by atoms with van der Waals surface area (Å²) >= 11 is 0. The summed E-state index contributed by atoms with van der Waals surface area (Å²) in [6.45, 7) is 0.551. The van der Waals surface area contributed by atoms with Gasteiger partial charge in [0.2, 0.25) is 11.8 Å². The standard InChI is InChI=1S/C19H17FN2O2/c20-13-8-7-12-4-3-9-22(17(12)10-13)19(24)15-11-18(23)21-16-6-2-1-5-14(15)16/h1-2,5-8,10,15H,3-4,9,11H2,(H,21,23). The first kappa shape index (κ1) is 14.9. The number of carbonyl (C=O) groups is 2. The molecular weight excluding hydrogens is 307 g/mol. The number of nitrogens with one attached hydrogen (secondary N) is 1. The van der Waals surface area contributed by atoms with Crippen LogP contribution in [-0.4, -0.2) is 18.4 Å². The zero-order valence-electron chi connectivity index (χ0n) is 13.1. The monoisotopic (exact) mass is 324 g/mol. The lowest BCUT2D eigenvalue weighted by atomic mass is 9.88. The maximum absolute atomic E-state index is 13.7. The second kappa shape index (κ2) is 5.74. The van der Waals surface area contributed by atoms with Crippen molar-refractivity contribution in [1.29, 1.82) is 0 Å². The molecule has 4 nitrogen and oxygen atoms in total. The highest BCUT2D eigenvalue weighted by atomic mass is 19.1. The predicted octanol–water partition coefficient (Wildman–Crippen LogP) is 3.23. The van der Waals surface area contributed by atoms with Gasteiger partial charge in [0.05, 0.1) is 5.92 Å². The number of nitrogens with zero attached hydrogens (tertiary/aromatic N) is 1. The molecule has 2 aliphatic heterocycles. The molecule has 2 amide bonds. The Balaban J connectivity index is 1.73. The average Bonchev–Trinajstić information content (AvgIpc) is 2.59. The van der Waals surface area contributed by atoms with E-state index in [0.717, 1.165) is 24.0 Å². The second-order valence-electron chi connectivity index (χ2n) is 6.26. The van der Waals surface area contributed by atoms with E-state index in [4.69, 9.17) is 0 Å². The summed E-state index contributed by atoms with van der Waals surface area (Å²) in [4.78, 5) is 26.8. The zero-order valence-corrected chi connectivity index (χ0v) is 13.1. The third-order valence-corrected chi connectivity index (χ3v) is 4.73. The fraction of sp³-hybridized carbons (Fsp3) is 0.263. The van der Waals surface area contributed by atoms with Gasteiger partial charge in [-0.3, -0.25) is 9.59 Å². The average molecular weight is 324 g/mol. The topological polar surface area (TPSA) is 49.4 Å². The van der Waals surface area contributed by atoms with Crippen molar-refractivity contribution >= 4 is 23.2 Å². The third-order valence-electron chi connectivity index (χ3n) is 4.73. The molecule has 24 heavy (non-hydrogen) atoms. The zero-order chi connectivity index (χ0) is 16.7. The summed E-state index contributed by atoms with van der Waals surface area (Å²) in [7, 11) is 0. The van der Waals surface area contributed by atoms with Crippen molar-refractivity contribution in [2.24, 2.45) is 0 Å². The van der Waals surface area contributed by atoms with Gasteiger partial charge >= 0.3 is 0 Å². The predicted molar refractivity (Wildman–Crippen MR) is 89.5 cm³/mol. The first-order valence-electron chi connectivity index (χ1n) is 8.12. The van der Waals surface area contributed by atoms with Gasteiger partial charge in [-0.1, -0.05) is 24.3 Å². The van der Waals surface area contributed by atoms with E-state index in [9.17, 15) is 14.0 Å². The first-order valence-corrected chi connectivity index (χ1v) is 8.12. The highest BCUT2D eigenvalue weighted by Crippen LogP contribution is 2.36. The summed E-state index contributed by atoms with van der Waals surface area (Å²) in [6.07, 6.45) is 1.79. The molecule has 0 aromatic heterocycles. The SMILES string of the molecule is O=C1CC(C(=O)N2CCCc3ccc(F)cc32)c2ccccc2N1. The summed E-state index contributed by atoms with van der Waals surface area (Å²) < 4.78 is 13.7. The Morgan fingerprint density at radius 2 is 2.04 bits per heavy atom. The molecule has 2 aromatic rings. The number of benzene rings is 2. The molecule has 2 aromatic carbocycles.